The quantitative estimate of drug-likeness (QED) is 0.362. The molecule has 6 heteroatoms. The van der Waals surface area contributed by atoms with Crippen LogP contribution in [0.15, 0.2) is 17.7 Å². The van der Waals surface area contributed by atoms with E-state index in [2.05, 4.69) is 0 Å². The van der Waals surface area contributed by atoms with E-state index in [1.165, 1.54) is 12.1 Å². The fraction of sp³-hybridized carbons (Fsp3) is 0.250. The summed E-state index contributed by atoms with van der Waals surface area (Å²) in [6.45, 7) is 0. The van der Waals surface area contributed by atoms with Gasteiger partial charge in [0, 0.05) is 12.5 Å². The molecule has 2 rings (SSSR count). The first-order chi connectivity index (χ1) is 8.49. The second kappa shape index (κ2) is 4.48. The number of carbonyl (C=O) groups excluding carboxylic acids is 1. The van der Waals surface area contributed by atoms with Crippen LogP contribution in [-0.2, 0) is 4.79 Å². The van der Waals surface area contributed by atoms with Gasteiger partial charge in [-0.25, -0.2) is 0 Å². The van der Waals surface area contributed by atoms with E-state index < -0.39 is 22.1 Å². The molecule has 0 spiro atoms. The van der Waals surface area contributed by atoms with Gasteiger partial charge in [0.2, 0.25) is 5.75 Å². The number of Topliss-reactive ketones (excluding diaryl/α,β-unsaturated/α-hetero) is 1. The second-order valence-electron chi connectivity index (χ2n) is 4.11. The van der Waals surface area contributed by atoms with E-state index in [9.17, 15) is 25.1 Å². The van der Waals surface area contributed by atoms with E-state index in [-0.39, 0.29) is 5.78 Å². The summed E-state index contributed by atoms with van der Waals surface area (Å²) in [4.78, 5) is 21.3. The van der Waals surface area contributed by atoms with Gasteiger partial charge in [0.05, 0.1) is 4.92 Å². The molecule has 0 unspecified atom stereocenters. The third-order valence-corrected chi connectivity index (χ3v) is 2.84. The van der Waals surface area contributed by atoms with E-state index in [1.54, 1.807) is 0 Å². The van der Waals surface area contributed by atoms with Crippen molar-refractivity contribution in [3.05, 3.63) is 33.4 Å². The molecule has 94 valence electrons. The lowest BCUT2D eigenvalue weighted by Crippen LogP contribution is -1.93. The Morgan fingerprint density at radius 1 is 1.28 bits per heavy atom. The molecule has 2 N–H and O–H groups in total. The Morgan fingerprint density at radius 3 is 2.56 bits per heavy atom. The number of carbonyl (C=O) groups is 1. The number of hydrogen-bond acceptors (Lipinski definition) is 5. The molecule has 1 aliphatic rings. The lowest BCUT2D eigenvalue weighted by molar-refractivity contribution is -0.386. The third kappa shape index (κ3) is 2.17. The number of benzene rings is 1. The Hall–Kier alpha value is -2.37. The van der Waals surface area contributed by atoms with Gasteiger partial charge in [0.15, 0.2) is 11.5 Å². The molecule has 0 radical (unpaired) electrons. The molecule has 1 aliphatic carbocycles. The number of rotatable bonds is 2. The zero-order chi connectivity index (χ0) is 13.3. The zero-order valence-electron chi connectivity index (χ0n) is 9.42. The second-order valence-corrected chi connectivity index (χ2v) is 4.11. The fourth-order valence-electron chi connectivity index (χ4n) is 1.94. The molecule has 0 atom stereocenters. The number of phenolic OH excluding ortho intramolecular Hbond substituents is 2. The number of phenols is 2. The van der Waals surface area contributed by atoms with Crippen molar-refractivity contribution in [3.63, 3.8) is 0 Å². The summed E-state index contributed by atoms with van der Waals surface area (Å²) in [7, 11) is 0. The molecule has 1 aromatic carbocycles. The first kappa shape index (κ1) is 12.1. The van der Waals surface area contributed by atoms with E-state index >= 15 is 0 Å². The van der Waals surface area contributed by atoms with Gasteiger partial charge in [-0.1, -0.05) is 0 Å². The molecule has 6 nitrogen and oxygen atoms in total. The molecule has 0 amide bonds. The van der Waals surface area contributed by atoms with Crippen LogP contribution in [0.4, 0.5) is 5.69 Å². The normalized spacial score (nSPS) is 17.3. The number of nitro benzene ring substituents is 1. The number of nitrogens with zero attached hydrogens (tertiary/aromatic N) is 1. The van der Waals surface area contributed by atoms with Gasteiger partial charge in [-0.3, -0.25) is 14.9 Å². The minimum Gasteiger partial charge on any atom is -0.504 e. The highest BCUT2D eigenvalue weighted by Crippen LogP contribution is 2.37. The Balaban J connectivity index is 2.46. The summed E-state index contributed by atoms with van der Waals surface area (Å²) in [6, 6.07) is 2.33. The molecule has 0 aliphatic heterocycles. The van der Waals surface area contributed by atoms with Crippen molar-refractivity contribution in [1.29, 1.82) is 0 Å². The lowest BCUT2D eigenvalue weighted by atomic mass is 10.1. The highest BCUT2D eigenvalue weighted by atomic mass is 16.6. The zero-order valence-corrected chi connectivity index (χ0v) is 9.42. The predicted molar refractivity (Wildman–Crippen MR) is 63.3 cm³/mol. The summed E-state index contributed by atoms with van der Waals surface area (Å²) >= 11 is 0. The minimum absolute atomic E-state index is 0.0187. The standard InChI is InChI=1S/C12H11NO5/c14-10-3-1-2-8(10)4-7-5-9(13(17)18)12(16)11(15)6-7/h4-6,15-16H,1-3H2. The summed E-state index contributed by atoms with van der Waals surface area (Å²) in [6.07, 6.45) is 3.41. The Labute approximate surface area is 102 Å². The van der Waals surface area contributed by atoms with E-state index in [1.807, 2.05) is 0 Å². The molecule has 0 saturated heterocycles. The molecule has 1 aromatic rings. The highest BCUT2D eigenvalue weighted by molar-refractivity contribution is 6.01. The maximum Gasteiger partial charge on any atom is 0.315 e. The first-order valence-electron chi connectivity index (χ1n) is 5.43. The Morgan fingerprint density at radius 2 is 2.00 bits per heavy atom. The maximum absolute atomic E-state index is 11.4. The number of hydrogen-bond donors (Lipinski definition) is 2. The van der Waals surface area contributed by atoms with Gasteiger partial charge < -0.3 is 10.2 Å². The molecule has 1 fully saturated rings. The van der Waals surface area contributed by atoms with Crippen LogP contribution < -0.4 is 0 Å². The molecule has 0 heterocycles. The van der Waals surface area contributed by atoms with Crippen molar-refractivity contribution in [1.82, 2.24) is 0 Å². The van der Waals surface area contributed by atoms with Crippen LogP contribution in [0.2, 0.25) is 0 Å². The summed E-state index contributed by atoms with van der Waals surface area (Å²) < 4.78 is 0. The molecule has 0 bridgehead atoms. The number of ketones is 1. The van der Waals surface area contributed by atoms with Crippen LogP contribution in [0.5, 0.6) is 11.5 Å². The summed E-state index contributed by atoms with van der Waals surface area (Å²) in [5.41, 5.74) is 0.351. The number of aromatic hydroxyl groups is 2. The van der Waals surface area contributed by atoms with Crippen LogP contribution in [-0.4, -0.2) is 20.9 Å². The predicted octanol–water partition coefficient (Wildman–Crippen LogP) is 2.14. The Bertz CT molecular complexity index is 562. The van der Waals surface area contributed by atoms with Gasteiger partial charge in [-0.2, -0.15) is 0 Å². The Kier molecular flexibility index (Phi) is 3.01. The molecular weight excluding hydrogens is 238 g/mol. The van der Waals surface area contributed by atoms with Gasteiger partial charge in [-0.05, 0) is 36.1 Å². The van der Waals surface area contributed by atoms with Crippen molar-refractivity contribution in [2.45, 2.75) is 19.3 Å². The van der Waals surface area contributed by atoms with E-state index in [0.717, 1.165) is 12.5 Å². The third-order valence-electron chi connectivity index (χ3n) is 2.84. The van der Waals surface area contributed by atoms with Crippen molar-refractivity contribution in [3.8, 4) is 11.5 Å². The minimum atomic E-state index is -0.784. The molecule has 18 heavy (non-hydrogen) atoms. The van der Waals surface area contributed by atoms with Crippen LogP contribution in [0.25, 0.3) is 6.08 Å². The van der Waals surface area contributed by atoms with Gasteiger partial charge >= 0.3 is 5.69 Å². The topological polar surface area (TPSA) is 101 Å². The SMILES string of the molecule is O=C1CCCC1=Cc1cc(O)c(O)c([N+](=O)[O-])c1. The molecule has 0 aromatic heterocycles. The molecular formula is C12H11NO5. The van der Waals surface area contributed by atoms with E-state index in [4.69, 9.17) is 0 Å². The molecule has 1 saturated carbocycles. The largest absolute Gasteiger partial charge is 0.504 e. The van der Waals surface area contributed by atoms with Crippen LogP contribution in [0.1, 0.15) is 24.8 Å². The van der Waals surface area contributed by atoms with Crippen molar-refractivity contribution >= 4 is 17.5 Å². The monoisotopic (exact) mass is 249 g/mol. The maximum atomic E-state index is 11.4. The summed E-state index contributed by atoms with van der Waals surface area (Å²) in [5.74, 6) is -1.31. The van der Waals surface area contributed by atoms with Crippen LogP contribution >= 0.6 is 0 Å². The van der Waals surface area contributed by atoms with E-state index in [0.29, 0.717) is 24.0 Å². The van der Waals surface area contributed by atoms with Gasteiger partial charge in [-0.15, -0.1) is 0 Å². The van der Waals surface area contributed by atoms with Crippen LogP contribution in [0.3, 0.4) is 0 Å². The lowest BCUT2D eigenvalue weighted by Gasteiger charge is -2.02. The highest BCUT2D eigenvalue weighted by Gasteiger charge is 2.20. The van der Waals surface area contributed by atoms with Crippen molar-refractivity contribution in [2.24, 2.45) is 0 Å². The number of nitro groups is 1. The van der Waals surface area contributed by atoms with Crippen molar-refractivity contribution in [2.75, 3.05) is 0 Å². The average molecular weight is 249 g/mol. The smallest absolute Gasteiger partial charge is 0.315 e. The summed E-state index contributed by atoms with van der Waals surface area (Å²) in [5, 5.41) is 29.4. The van der Waals surface area contributed by atoms with Gasteiger partial charge in [0.1, 0.15) is 0 Å². The first-order valence-corrected chi connectivity index (χ1v) is 5.43. The van der Waals surface area contributed by atoms with Crippen LogP contribution in [0, 0.1) is 10.1 Å². The number of allylic oxidation sites excluding steroid dienone is 1. The van der Waals surface area contributed by atoms with Gasteiger partial charge in [0.25, 0.3) is 0 Å². The average Bonchev–Trinajstić information content (AvgIpc) is 2.69. The van der Waals surface area contributed by atoms with Crippen molar-refractivity contribution < 1.29 is 19.9 Å². The fourth-order valence-corrected chi connectivity index (χ4v) is 1.94.